The van der Waals surface area contributed by atoms with Crippen molar-refractivity contribution in [2.45, 2.75) is 0 Å². The van der Waals surface area contributed by atoms with Gasteiger partial charge < -0.3 is 10.5 Å². The molecule has 3 N–H and O–H groups in total. The topological polar surface area (TPSA) is 103 Å². The quantitative estimate of drug-likeness (QED) is 0.663. The minimum Gasteiger partial charge on any atom is -0.481 e. The first-order chi connectivity index (χ1) is 9.49. The Morgan fingerprint density at radius 1 is 1.35 bits per heavy atom. The van der Waals surface area contributed by atoms with Gasteiger partial charge in [0.25, 0.3) is 5.91 Å². The minimum atomic E-state index is -0.556. The smallest absolute Gasteiger partial charge is 0.261 e. The molecule has 0 aliphatic heterocycles. The standard InChI is InChI=1S/C11H9Cl2N5O2/c1-20-8-3-7(12)16-11(17-8)18-10(19)6-2-5(14)4-15-9(6)13/h2-4H,14H2,1H3,(H,16,17,18,19). The molecule has 0 saturated carbocycles. The van der Waals surface area contributed by atoms with Crippen LogP contribution in [0.25, 0.3) is 0 Å². The summed E-state index contributed by atoms with van der Waals surface area (Å²) in [4.78, 5) is 23.6. The summed E-state index contributed by atoms with van der Waals surface area (Å²) in [7, 11) is 1.42. The van der Waals surface area contributed by atoms with E-state index in [1.54, 1.807) is 0 Å². The first kappa shape index (κ1) is 14.3. The van der Waals surface area contributed by atoms with E-state index < -0.39 is 5.91 Å². The maximum atomic E-state index is 12.0. The van der Waals surface area contributed by atoms with E-state index in [0.717, 1.165) is 0 Å². The highest BCUT2D eigenvalue weighted by Crippen LogP contribution is 2.19. The van der Waals surface area contributed by atoms with E-state index in [9.17, 15) is 4.79 Å². The van der Waals surface area contributed by atoms with Gasteiger partial charge in [0.15, 0.2) is 0 Å². The Hall–Kier alpha value is -2.12. The number of nitrogens with one attached hydrogen (secondary N) is 1. The highest BCUT2D eigenvalue weighted by atomic mass is 35.5. The van der Waals surface area contributed by atoms with E-state index >= 15 is 0 Å². The summed E-state index contributed by atoms with van der Waals surface area (Å²) < 4.78 is 4.92. The fourth-order valence-electron chi connectivity index (χ4n) is 1.35. The van der Waals surface area contributed by atoms with Crippen molar-refractivity contribution in [2.24, 2.45) is 0 Å². The largest absolute Gasteiger partial charge is 0.481 e. The normalized spacial score (nSPS) is 10.2. The van der Waals surface area contributed by atoms with E-state index in [1.807, 2.05) is 0 Å². The molecule has 20 heavy (non-hydrogen) atoms. The Kier molecular flexibility index (Phi) is 4.21. The second-order valence-corrected chi connectivity index (χ2v) is 4.36. The molecule has 0 saturated heterocycles. The number of nitrogens with zero attached hydrogens (tertiary/aromatic N) is 3. The molecule has 0 aliphatic rings. The first-order valence-corrected chi connectivity index (χ1v) is 6.06. The average Bonchev–Trinajstić information content (AvgIpc) is 2.40. The van der Waals surface area contributed by atoms with Gasteiger partial charge in [0.05, 0.1) is 24.6 Å². The van der Waals surface area contributed by atoms with Crippen LogP contribution in [0.2, 0.25) is 10.3 Å². The number of aromatic nitrogens is 3. The Morgan fingerprint density at radius 3 is 2.80 bits per heavy atom. The zero-order valence-electron chi connectivity index (χ0n) is 10.2. The Morgan fingerprint density at radius 2 is 2.10 bits per heavy atom. The number of anilines is 2. The molecular formula is C11H9Cl2N5O2. The molecule has 0 spiro atoms. The monoisotopic (exact) mass is 313 g/mol. The molecule has 0 atom stereocenters. The van der Waals surface area contributed by atoms with Gasteiger partial charge in [0.2, 0.25) is 11.8 Å². The van der Waals surface area contributed by atoms with Crippen molar-refractivity contribution in [1.29, 1.82) is 0 Å². The van der Waals surface area contributed by atoms with E-state index in [0.29, 0.717) is 5.69 Å². The molecule has 2 aromatic heterocycles. The number of methoxy groups -OCH3 is 1. The summed E-state index contributed by atoms with van der Waals surface area (Å²) in [5.41, 5.74) is 5.97. The molecule has 1 amide bonds. The summed E-state index contributed by atoms with van der Waals surface area (Å²) in [6.07, 6.45) is 1.35. The summed E-state index contributed by atoms with van der Waals surface area (Å²) in [5.74, 6) is -0.353. The predicted octanol–water partition coefficient (Wildman–Crippen LogP) is 2.02. The van der Waals surface area contributed by atoms with E-state index in [1.165, 1.54) is 25.4 Å². The number of nitrogen functional groups attached to an aromatic ring is 1. The number of nitrogens with two attached hydrogens (primary N) is 1. The number of rotatable bonds is 3. The van der Waals surface area contributed by atoms with Crippen molar-refractivity contribution in [3.05, 3.63) is 34.2 Å². The van der Waals surface area contributed by atoms with Gasteiger partial charge in [-0.1, -0.05) is 23.2 Å². The fourth-order valence-corrected chi connectivity index (χ4v) is 1.71. The number of hydrogen-bond acceptors (Lipinski definition) is 6. The predicted molar refractivity (Wildman–Crippen MR) is 75.2 cm³/mol. The molecule has 0 aromatic carbocycles. The van der Waals surface area contributed by atoms with Crippen LogP contribution < -0.4 is 15.8 Å². The van der Waals surface area contributed by atoms with Gasteiger partial charge in [-0.25, -0.2) is 9.97 Å². The zero-order valence-corrected chi connectivity index (χ0v) is 11.7. The molecule has 9 heteroatoms. The average molecular weight is 314 g/mol. The third kappa shape index (κ3) is 3.25. The number of halogens is 2. The second kappa shape index (κ2) is 5.89. The van der Waals surface area contributed by atoms with Crippen LogP contribution in [0, 0.1) is 0 Å². The molecule has 0 fully saturated rings. The van der Waals surface area contributed by atoms with Gasteiger partial charge in [-0.3, -0.25) is 10.1 Å². The molecule has 7 nitrogen and oxygen atoms in total. The molecule has 0 aliphatic carbocycles. The van der Waals surface area contributed by atoms with E-state index in [2.05, 4.69) is 20.3 Å². The van der Waals surface area contributed by atoms with Crippen LogP contribution in [0.15, 0.2) is 18.3 Å². The third-order valence-electron chi connectivity index (χ3n) is 2.21. The summed E-state index contributed by atoms with van der Waals surface area (Å²) in [6.45, 7) is 0. The Bertz CT molecular complexity index is 665. The molecule has 2 heterocycles. The third-order valence-corrected chi connectivity index (χ3v) is 2.71. The molecule has 2 aromatic rings. The number of carbonyl (C=O) groups excluding carboxylic acids is 1. The minimum absolute atomic E-state index is 0.0159. The number of ether oxygens (including phenoxy) is 1. The molecule has 0 unspecified atom stereocenters. The van der Waals surface area contributed by atoms with E-state index in [-0.39, 0.29) is 27.7 Å². The zero-order chi connectivity index (χ0) is 14.7. The van der Waals surface area contributed by atoms with Gasteiger partial charge in [-0.15, -0.1) is 0 Å². The summed E-state index contributed by atoms with van der Waals surface area (Å²) in [6, 6.07) is 2.80. The van der Waals surface area contributed by atoms with Gasteiger partial charge in [0, 0.05) is 6.07 Å². The maximum absolute atomic E-state index is 12.0. The van der Waals surface area contributed by atoms with Gasteiger partial charge in [0.1, 0.15) is 10.3 Å². The number of hydrogen-bond donors (Lipinski definition) is 2. The van der Waals surface area contributed by atoms with Crippen LogP contribution in [0.1, 0.15) is 10.4 Å². The molecule has 0 radical (unpaired) electrons. The van der Waals surface area contributed by atoms with Crippen molar-refractivity contribution in [2.75, 3.05) is 18.2 Å². The van der Waals surface area contributed by atoms with Crippen molar-refractivity contribution in [3.63, 3.8) is 0 Å². The van der Waals surface area contributed by atoms with Crippen molar-refractivity contribution in [3.8, 4) is 5.88 Å². The van der Waals surface area contributed by atoms with Crippen LogP contribution in [0.3, 0.4) is 0 Å². The molecule has 104 valence electrons. The Balaban J connectivity index is 2.27. The maximum Gasteiger partial charge on any atom is 0.261 e. The summed E-state index contributed by atoms with van der Waals surface area (Å²) >= 11 is 11.6. The first-order valence-electron chi connectivity index (χ1n) is 5.30. The highest BCUT2D eigenvalue weighted by molar-refractivity contribution is 6.33. The Labute approximate surface area is 124 Å². The van der Waals surface area contributed by atoms with Crippen molar-refractivity contribution < 1.29 is 9.53 Å². The van der Waals surface area contributed by atoms with Crippen LogP contribution in [0.5, 0.6) is 5.88 Å². The van der Waals surface area contributed by atoms with Gasteiger partial charge in [-0.2, -0.15) is 4.98 Å². The van der Waals surface area contributed by atoms with E-state index in [4.69, 9.17) is 33.7 Å². The van der Waals surface area contributed by atoms with Crippen molar-refractivity contribution in [1.82, 2.24) is 15.0 Å². The SMILES string of the molecule is COc1cc(Cl)nc(NC(=O)c2cc(N)cnc2Cl)n1. The highest BCUT2D eigenvalue weighted by Gasteiger charge is 2.14. The van der Waals surface area contributed by atoms with Crippen LogP contribution in [-0.2, 0) is 0 Å². The second-order valence-electron chi connectivity index (χ2n) is 3.62. The van der Waals surface area contributed by atoms with Crippen LogP contribution >= 0.6 is 23.2 Å². The fraction of sp³-hybridized carbons (Fsp3) is 0.0909. The van der Waals surface area contributed by atoms with Crippen LogP contribution in [-0.4, -0.2) is 28.0 Å². The lowest BCUT2D eigenvalue weighted by atomic mass is 10.2. The lowest BCUT2D eigenvalue weighted by Gasteiger charge is -2.07. The van der Waals surface area contributed by atoms with Crippen molar-refractivity contribution >= 4 is 40.7 Å². The number of amides is 1. The number of carbonyl (C=O) groups is 1. The number of pyridine rings is 1. The lowest BCUT2D eigenvalue weighted by molar-refractivity contribution is 0.102. The van der Waals surface area contributed by atoms with Gasteiger partial charge >= 0.3 is 0 Å². The molecule has 2 rings (SSSR count). The molecular weight excluding hydrogens is 305 g/mol. The lowest BCUT2D eigenvalue weighted by Crippen LogP contribution is -2.15. The van der Waals surface area contributed by atoms with Gasteiger partial charge in [-0.05, 0) is 6.07 Å². The molecule has 0 bridgehead atoms. The van der Waals surface area contributed by atoms with Crippen LogP contribution in [0.4, 0.5) is 11.6 Å². The summed E-state index contributed by atoms with van der Waals surface area (Å²) in [5, 5.41) is 2.58.